The standard InChI is InChI=1S/C42H84N6O3/c1-4-35-32-40(51-30-12-23-46)42(3)37(33(2)13-8-26-47-24-5-6-25-48-27-9-20-43)18-19-38(42)41(35)39(50-29-11-22-45)31-34-14-7-15-36(17-16-34)49-28-10-21-44/h16,33,35-41,47-48H,4-15,17-32,43-46H2,1-3H3/t33-,35?,36-,37?,38+,39?,40+,41?,42-/m1/s1. The van der Waals surface area contributed by atoms with Crippen LogP contribution in [0, 0.1) is 35.0 Å². The van der Waals surface area contributed by atoms with Crippen LogP contribution in [-0.4, -0.2) is 90.5 Å². The third-order valence-corrected chi connectivity index (χ3v) is 13.0. The molecule has 9 heteroatoms. The second-order valence-corrected chi connectivity index (χ2v) is 16.5. The largest absolute Gasteiger partial charge is 0.378 e. The van der Waals surface area contributed by atoms with E-state index in [4.69, 9.17) is 37.1 Å². The van der Waals surface area contributed by atoms with E-state index in [2.05, 4.69) is 37.5 Å². The average molecular weight is 721 g/mol. The Labute approximate surface area is 314 Å². The second kappa shape index (κ2) is 26.2. The highest BCUT2D eigenvalue weighted by molar-refractivity contribution is 5.13. The van der Waals surface area contributed by atoms with Gasteiger partial charge in [0.05, 0.1) is 18.3 Å². The first kappa shape index (κ1) is 44.8. The first-order valence-electron chi connectivity index (χ1n) is 21.7. The van der Waals surface area contributed by atoms with Crippen molar-refractivity contribution < 1.29 is 14.2 Å². The van der Waals surface area contributed by atoms with Crippen molar-refractivity contribution in [1.29, 1.82) is 0 Å². The molecule has 9 nitrogen and oxygen atoms in total. The Hall–Kier alpha value is -0.620. The maximum atomic E-state index is 6.99. The first-order valence-corrected chi connectivity index (χ1v) is 21.7. The van der Waals surface area contributed by atoms with Gasteiger partial charge in [0, 0.05) is 25.2 Å². The fraction of sp³-hybridized carbons (Fsp3) is 0.952. The summed E-state index contributed by atoms with van der Waals surface area (Å²) in [6.45, 7) is 17.1. The van der Waals surface area contributed by atoms with Gasteiger partial charge in [-0.1, -0.05) is 38.8 Å². The number of ether oxygens (including phenoxy) is 3. The molecule has 0 heterocycles. The molecule has 0 aromatic carbocycles. The Morgan fingerprint density at radius 1 is 0.804 bits per heavy atom. The molecule has 0 spiro atoms. The monoisotopic (exact) mass is 721 g/mol. The van der Waals surface area contributed by atoms with Gasteiger partial charge in [0.1, 0.15) is 0 Å². The maximum absolute atomic E-state index is 6.99. The first-order chi connectivity index (χ1) is 24.9. The molecule has 3 rings (SSSR count). The van der Waals surface area contributed by atoms with Crippen molar-refractivity contribution in [2.45, 2.75) is 148 Å². The lowest BCUT2D eigenvalue weighted by Crippen LogP contribution is -2.55. The highest BCUT2D eigenvalue weighted by Crippen LogP contribution is 2.63. The summed E-state index contributed by atoms with van der Waals surface area (Å²) in [4.78, 5) is 0. The summed E-state index contributed by atoms with van der Waals surface area (Å²) < 4.78 is 20.1. The summed E-state index contributed by atoms with van der Waals surface area (Å²) in [6.07, 6.45) is 22.6. The molecule has 2 saturated carbocycles. The summed E-state index contributed by atoms with van der Waals surface area (Å²) in [5.74, 6) is 3.08. The van der Waals surface area contributed by atoms with Crippen LogP contribution in [0.15, 0.2) is 11.6 Å². The zero-order valence-electron chi connectivity index (χ0n) is 33.5. The minimum absolute atomic E-state index is 0.143. The van der Waals surface area contributed by atoms with E-state index >= 15 is 0 Å². The van der Waals surface area contributed by atoms with Crippen LogP contribution in [0.2, 0.25) is 0 Å². The van der Waals surface area contributed by atoms with Crippen molar-refractivity contribution >= 4 is 0 Å². The third kappa shape index (κ3) is 14.5. The highest BCUT2D eigenvalue weighted by atomic mass is 16.5. The summed E-state index contributed by atoms with van der Waals surface area (Å²) in [5, 5.41) is 7.23. The van der Waals surface area contributed by atoms with Crippen molar-refractivity contribution in [3.05, 3.63) is 11.6 Å². The van der Waals surface area contributed by atoms with E-state index in [1.54, 1.807) is 5.57 Å². The SMILES string of the molecule is CCC1C[C@H](OCCCN)[C@]2(C)C([C@H](C)CCCNCCCCNCCCN)CC[C@H]2C1C(CC1=CC[C@H](OCCCN)CCC1)OCCCN. The minimum atomic E-state index is 0.143. The molecule has 0 amide bonds. The Kier molecular flexibility index (Phi) is 23.0. The number of hydrogen-bond acceptors (Lipinski definition) is 9. The molecule has 3 aliphatic rings. The molecular weight excluding hydrogens is 637 g/mol. The summed E-state index contributed by atoms with van der Waals surface area (Å²) in [7, 11) is 0. The van der Waals surface area contributed by atoms with Crippen molar-refractivity contribution in [3.8, 4) is 0 Å². The predicted molar refractivity (Wildman–Crippen MR) is 215 cm³/mol. The fourth-order valence-corrected chi connectivity index (χ4v) is 10.2. The fourth-order valence-electron chi connectivity index (χ4n) is 10.2. The Balaban J connectivity index is 1.71. The normalized spacial score (nSPS) is 29.4. The minimum Gasteiger partial charge on any atom is -0.378 e. The van der Waals surface area contributed by atoms with Crippen LogP contribution in [-0.2, 0) is 14.2 Å². The molecule has 3 aliphatic carbocycles. The lowest BCUT2D eigenvalue weighted by Gasteiger charge is -2.56. The Morgan fingerprint density at radius 3 is 2.14 bits per heavy atom. The number of nitrogens with one attached hydrogen (secondary N) is 2. The van der Waals surface area contributed by atoms with Crippen molar-refractivity contribution in [2.24, 2.45) is 57.9 Å². The van der Waals surface area contributed by atoms with Crippen LogP contribution >= 0.6 is 0 Å². The van der Waals surface area contributed by atoms with Crippen molar-refractivity contribution in [3.63, 3.8) is 0 Å². The molecule has 0 aromatic rings. The smallest absolute Gasteiger partial charge is 0.0645 e. The van der Waals surface area contributed by atoms with Gasteiger partial charge in [-0.3, -0.25) is 0 Å². The van der Waals surface area contributed by atoms with Crippen LogP contribution in [0.4, 0.5) is 0 Å². The van der Waals surface area contributed by atoms with Crippen molar-refractivity contribution in [2.75, 3.05) is 72.2 Å². The van der Waals surface area contributed by atoms with Crippen LogP contribution in [0.3, 0.4) is 0 Å². The summed E-state index contributed by atoms with van der Waals surface area (Å²) in [5.41, 5.74) is 25.0. The topological polar surface area (TPSA) is 156 Å². The molecule has 0 bridgehead atoms. The number of rotatable bonds is 29. The number of unbranched alkanes of at least 4 members (excludes halogenated alkanes) is 1. The van der Waals surface area contributed by atoms with Crippen LogP contribution in [0.1, 0.15) is 130 Å². The molecule has 0 aromatic heterocycles. The molecule has 4 unspecified atom stereocenters. The molecule has 2 fully saturated rings. The highest BCUT2D eigenvalue weighted by Gasteiger charge is 2.61. The Bertz CT molecular complexity index is 910. The summed E-state index contributed by atoms with van der Waals surface area (Å²) in [6, 6.07) is 0. The molecule has 300 valence electrons. The van der Waals surface area contributed by atoms with Gasteiger partial charge in [-0.05, 0) is 185 Å². The Morgan fingerprint density at radius 2 is 1.45 bits per heavy atom. The molecule has 0 radical (unpaired) electrons. The van der Waals surface area contributed by atoms with Gasteiger partial charge in [-0.25, -0.2) is 0 Å². The third-order valence-electron chi connectivity index (χ3n) is 13.0. The van der Waals surface area contributed by atoms with E-state index in [9.17, 15) is 0 Å². The van der Waals surface area contributed by atoms with E-state index in [1.807, 2.05) is 0 Å². The second-order valence-electron chi connectivity index (χ2n) is 16.5. The molecule has 10 N–H and O–H groups in total. The van der Waals surface area contributed by atoms with E-state index < -0.39 is 0 Å². The van der Waals surface area contributed by atoms with Gasteiger partial charge in [0.15, 0.2) is 0 Å². The van der Waals surface area contributed by atoms with Gasteiger partial charge in [-0.2, -0.15) is 0 Å². The van der Waals surface area contributed by atoms with Crippen molar-refractivity contribution in [1.82, 2.24) is 10.6 Å². The van der Waals surface area contributed by atoms with E-state index in [-0.39, 0.29) is 17.6 Å². The van der Waals surface area contributed by atoms with Gasteiger partial charge >= 0.3 is 0 Å². The van der Waals surface area contributed by atoms with Gasteiger partial charge in [0.25, 0.3) is 0 Å². The molecule has 0 saturated heterocycles. The lowest BCUT2D eigenvalue weighted by molar-refractivity contribution is -0.167. The lowest BCUT2D eigenvalue weighted by atomic mass is 9.53. The number of nitrogens with two attached hydrogens (primary N) is 4. The zero-order valence-corrected chi connectivity index (χ0v) is 33.5. The van der Waals surface area contributed by atoms with Gasteiger partial charge < -0.3 is 47.8 Å². The molecule has 51 heavy (non-hydrogen) atoms. The molecule has 0 aliphatic heterocycles. The predicted octanol–water partition coefficient (Wildman–Crippen LogP) is 5.88. The van der Waals surface area contributed by atoms with Crippen LogP contribution in [0.25, 0.3) is 0 Å². The van der Waals surface area contributed by atoms with Crippen LogP contribution in [0.5, 0.6) is 0 Å². The van der Waals surface area contributed by atoms with E-state index in [0.717, 1.165) is 110 Å². The van der Waals surface area contributed by atoms with Crippen LogP contribution < -0.4 is 33.6 Å². The summed E-state index contributed by atoms with van der Waals surface area (Å²) >= 11 is 0. The van der Waals surface area contributed by atoms with Gasteiger partial charge in [0.2, 0.25) is 0 Å². The number of fused-ring (bicyclic) bond motifs is 1. The average Bonchev–Trinajstić information content (AvgIpc) is 3.33. The molecular formula is C42H84N6O3. The number of hydrogen-bond donors (Lipinski definition) is 6. The van der Waals surface area contributed by atoms with E-state index in [0.29, 0.717) is 55.3 Å². The zero-order chi connectivity index (χ0) is 36.7. The molecule has 9 atom stereocenters. The maximum Gasteiger partial charge on any atom is 0.0645 e. The van der Waals surface area contributed by atoms with E-state index in [1.165, 1.54) is 51.4 Å². The van der Waals surface area contributed by atoms with Gasteiger partial charge in [-0.15, -0.1) is 0 Å². The quantitative estimate of drug-likeness (QED) is 0.0411.